The van der Waals surface area contributed by atoms with Gasteiger partial charge in [0.25, 0.3) is 0 Å². The van der Waals surface area contributed by atoms with E-state index in [4.69, 9.17) is 0 Å². The fourth-order valence-corrected chi connectivity index (χ4v) is 2.97. The molecule has 0 radical (unpaired) electrons. The van der Waals surface area contributed by atoms with Crippen LogP contribution in [0.15, 0.2) is 18.2 Å². The van der Waals surface area contributed by atoms with Crippen molar-refractivity contribution in [3.63, 3.8) is 0 Å². The molecule has 0 spiro atoms. The monoisotopic (exact) mass is 220 g/mol. The first kappa shape index (κ1) is 9.94. The van der Waals surface area contributed by atoms with Crippen LogP contribution in [0.4, 0.5) is 15.8 Å². The first-order valence-corrected chi connectivity index (χ1v) is 6.06. The van der Waals surface area contributed by atoms with Gasteiger partial charge in [-0.1, -0.05) is 6.92 Å². The molecule has 2 nitrogen and oxygen atoms in total. The second-order valence-electron chi connectivity index (χ2n) is 4.92. The van der Waals surface area contributed by atoms with Crippen LogP contribution in [0.25, 0.3) is 0 Å². The van der Waals surface area contributed by atoms with E-state index in [1.54, 1.807) is 6.07 Å². The molecule has 3 rings (SSSR count). The van der Waals surface area contributed by atoms with Gasteiger partial charge in [-0.2, -0.15) is 0 Å². The third kappa shape index (κ3) is 1.46. The van der Waals surface area contributed by atoms with E-state index in [-0.39, 0.29) is 5.82 Å². The number of benzene rings is 1. The van der Waals surface area contributed by atoms with Crippen LogP contribution in [0.1, 0.15) is 19.8 Å². The third-order valence-corrected chi connectivity index (χ3v) is 3.89. The lowest BCUT2D eigenvalue weighted by atomic mass is 9.88. The molecular weight excluding hydrogens is 203 g/mol. The molecule has 86 valence electrons. The fourth-order valence-electron chi connectivity index (χ4n) is 2.97. The highest BCUT2D eigenvalue weighted by Crippen LogP contribution is 2.37. The van der Waals surface area contributed by atoms with E-state index in [9.17, 15) is 4.39 Å². The molecule has 1 fully saturated rings. The van der Waals surface area contributed by atoms with Crippen LogP contribution in [-0.2, 0) is 0 Å². The minimum absolute atomic E-state index is 0.139. The summed E-state index contributed by atoms with van der Waals surface area (Å²) in [4.78, 5) is 2.38. The topological polar surface area (TPSA) is 15.3 Å². The second-order valence-corrected chi connectivity index (χ2v) is 4.92. The Hall–Kier alpha value is -1.25. The lowest BCUT2D eigenvalue weighted by molar-refractivity contribution is 0.350. The summed E-state index contributed by atoms with van der Waals surface area (Å²) in [6.07, 6.45) is 2.50. The Morgan fingerprint density at radius 1 is 1.44 bits per heavy atom. The van der Waals surface area contributed by atoms with Gasteiger partial charge in [0.15, 0.2) is 0 Å². The van der Waals surface area contributed by atoms with Gasteiger partial charge in [0.1, 0.15) is 5.82 Å². The summed E-state index contributed by atoms with van der Waals surface area (Å²) in [7, 11) is 0. The lowest BCUT2D eigenvalue weighted by Crippen LogP contribution is -2.51. The molecule has 2 aliphatic rings. The largest absolute Gasteiger partial charge is 0.381 e. The molecule has 2 aliphatic heterocycles. The number of halogens is 1. The molecule has 1 saturated heterocycles. The van der Waals surface area contributed by atoms with Crippen LogP contribution < -0.4 is 10.2 Å². The predicted octanol–water partition coefficient (Wildman–Crippen LogP) is 2.86. The van der Waals surface area contributed by atoms with Crippen molar-refractivity contribution in [3.8, 4) is 0 Å². The molecule has 1 N–H and O–H groups in total. The Bertz CT molecular complexity index is 405. The first-order chi connectivity index (χ1) is 7.75. The summed E-state index contributed by atoms with van der Waals surface area (Å²) in [5, 5.41) is 3.41. The van der Waals surface area contributed by atoms with Crippen molar-refractivity contribution in [1.29, 1.82) is 0 Å². The van der Waals surface area contributed by atoms with Gasteiger partial charge in [0.2, 0.25) is 0 Å². The van der Waals surface area contributed by atoms with Crippen LogP contribution in [0.2, 0.25) is 0 Å². The van der Waals surface area contributed by atoms with Gasteiger partial charge < -0.3 is 10.2 Å². The van der Waals surface area contributed by atoms with E-state index in [1.165, 1.54) is 18.9 Å². The number of fused-ring (bicyclic) bond motifs is 3. The second kappa shape index (κ2) is 3.65. The van der Waals surface area contributed by atoms with Gasteiger partial charge >= 0.3 is 0 Å². The molecular formula is C13H17FN2. The molecule has 1 aromatic rings. The van der Waals surface area contributed by atoms with Crippen molar-refractivity contribution in [2.45, 2.75) is 25.8 Å². The van der Waals surface area contributed by atoms with Gasteiger partial charge in [-0.05, 0) is 37.0 Å². The van der Waals surface area contributed by atoms with Gasteiger partial charge in [0, 0.05) is 19.1 Å². The third-order valence-electron chi connectivity index (χ3n) is 3.89. The number of hydrogen-bond acceptors (Lipinski definition) is 2. The molecule has 1 aromatic carbocycles. The van der Waals surface area contributed by atoms with Crippen molar-refractivity contribution < 1.29 is 4.39 Å². The minimum Gasteiger partial charge on any atom is -0.381 e. The van der Waals surface area contributed by atoms with E-state index in [2.05, 4.69) is 17.1 Å². The number of rotatable bonds is 0. The molecule has 0 aromatic heterocycles. The van der Waals surface area contributed by atoms with Crippen molar-refractivity contribution in [2.24, 2.45) is 5.92 Å². The van der Waals surface area contributed by atoms with Crippen molar-refractivity contribution in [1.82, 2.24) is 0 Å². The molecule has 0 aliphatic carbocycles. The van der Waals surface area contributed by atoms with E-state index in [0.29, 0.717) is 12.0 Å². The van der Waals surface area contributed by atoms with E-state index >= 15 is 0 Å². The van der Waals surface area contributed by atoms with Crippen LogP contribution in [0, 0.1) is 11.7 Å². The zero-order valence-corrected chi connectivity index (χ0v) is 9.54. The number of anilines is 2. The summed E-state index contributed by atoms with van der Waals surface area (Å²) in [6.45, 7) is 4.34. The molecule has 0 saturated carbocycles. The van der Waals surface area contributed by atoms with Crippen LogP contribution in [0.3, 0.4) is 0 Å². The Balaban J connectivity index is 2.01. The maximum absolute atomic E-state index is 13.3. The van der Waals surface area contributed by atoms with Gasteiger partial charge in [0.05, 0.1) is 11.4 Å². The Labute approximate surface area is 95.4 Å². The van der Waals surface area contributed by atoms with Crippen LogP contribution >= 0.6 is 0 Å². The highest BCUT2D eigenvalue weighted by Gasteiger charge is 2.32. The summed E-state index contributed by atoms with van der Waals surface area (Å²) < 4.78 is 13.3. The number of hydrogen-bond donors (Lipinski definition) is 1. The predicted molar refractivity (Wildman–Crippen MR) is 64.4 cm³/mol. The van der Waals surface area contributed by atoms with Gasteiger partial charge in [-0.15, -0.1) is 0 Å². The molecule has 0 bridgehead atoms. The molecule has 16 heavy (non-hydrogen) atoms. The molecule has 0 amide bonds. The Morgan fingerprint density at radius 3 is 3.19 bits per heavy atom. The lowest BCUT2D eigenvalue weighted by Gasteiger charge is -2.45. The smallest absolute Gasteiger partial charge is 0.125 e. The summed E-state index contributed by atoms with van der Waals surface area (Å²) in [5.74, 6) is 0.553. The van der Waals surface area contributed by atoms with Crippen molar-refractivity contribution >= 4 is 11.4 Å². The Kier molecular flexibility index (Phi) is 2.27. The normalized spacial score (nSPS) is 28.0. The van der Waals surface area contributed by atoms with Crippen LogP contribution in [0.5, 0.6) is 0 Å². The summed E-state index contributed by atoms with van der Waals surface area (Å²) in [5.41, 5.74) is 2.12. The van der Waals surface area contributed by atoms with Crippen LogP contribution in [-0.4, -0.2) is 19.1 Å². The molecule has 3 heteroatoms. The zero-order valence-electron chi connectivity index (χ0n) is 9.54. The van der Waals surface area contributed by atoms with E-state index < -0.39 is 0 Å². The standard InChI is InChI=1S/C13H17FN2/c1-9-3-2-6-16-12-7-10(14)4-5-11(12)15-8-13(9)16/h4-5,7,9,13,15H,2-3,6,8H2,1H3. The number of nitrogens with zero attached hydrogens (tertiary/aromatic N) is 1. The van der Waals surface area contributed by atoms with Crippen molar-refractivity contribution in [3.05, 3.63) is 24.0 Å². The molecule has 2 heterocycles. The maximum Gasteiger partial charge on any atom is 0.125 e. The number of piperidine rings is 1. The van der Waals surface area contributed by atoms with Gasteiger partial charge in [-0.3, -0.25) is 0 Å². The SMILES string of the molecule is CC1CCCN2c3cc(F)ccc3NCC12. The average Bonchev–Trinajstić information content (AvgIpc) is 2.29. The fraction of sp³-hybridized carbons (Fsp3) is 0.538. The highest BCUT2D eigenvalue weighted by molar-refractivity contribution is 5.73. The summed E-state index contributed by atoms with van der Waals surface area (Å²) >= 11 is 0. The molecule has 2 atom stereocenters. The summed E-state index contributed by atoms with van der Waals surface area (Å²) in [6, 6.07) is 5.56. The van der Waals surface area contributed by atoms with E-state index in [1.807, 2.05) is 6.07 Å². The highest BCUT2D eigenvalue weighted by atomic mass is 19.1. The van der Waals surface area contributed by atoms with Crippen molar-refractivity contribution in [2.75, 3.05) is 23.3 Å². The zero-order chi connectivity index (χ0) is 11.1. The average molecular weight is 220 g/mol. The van der Waals surface area contributed by atoms with E-state index in [0.717, 1.165) is 24.5 Å². The quantitative estimate of drug-likeness (QED) is 0.723. The maximum atomic E-state index is 13.3. The first-order valence-electron chi connectivity index (χ1n) is 6.06. The molecule has 2 unspecified atom stereocenters. The Morgan fingerprint density at radius 2 is 2.31 bits per heavy atom. The minimum atomic E-state index is -0.139. The van der Waals surface area contributed by atoms with Gasteiger partial charge in [-0.25, -0.2) is 4.39 Å². The number of nitrogens with one attached hydrogen (secondary N) is 1.